The van der Waals surface area contributed by atoms with Gasteiger partial charge in [0.2, 0.25) is 0 Å². The van der Waals surface area contributed by atoms with Crippen molar-refractivity contribution >= 4 is 5.78 Å². The molecule has 0 saturated carbocycles. The van der Waals surface area contributed by atoms with Crippen molar-refractivity contribution in [3.8, 4) is 0 Å². The number of hydrogen-bond donors (Lipinski definition) is 4. The molecule has 0 aromatic carbocycles. The molecule has 90 valence electrons. The average Bonchev–Trinajstić information content (AvgIpc) is 2.38. The van der Waals surface area contributed by atoms with Crippen molar-refractivity contribution in [2.24, 2.45) is 0 Å². The molecule has 0 radical (unpaired) electrons. The zero-order valence-electron chi connectivity index (χ0n) is 8.60. The first kappa shape index (κ1) is 14.7. The number of Topliss-reactive ketones (excluding diaryl/α,β-unsaturated/α-hetero) is 1. The fraction of sp³-hybridized carbons (Fsp3) is 0.400. The normalized spacial score (nSPS) is 13.2. The summed E-state index contributed by atoms with van der Waals surface area (Å²) in [7, 11) is 0. The number of aromatic nitrogens is 1. The molecular formula is C10H15NO5. The monoisotopic (exact) mass is 229 g/mol. The Balaban J connectivity index is 0.000000315. The molecule has 0 amide bonds. The van der Waals surface area contributed by atoms with E-state index in [1.807, 2.05) is 18.2 Å². The van der Waals surface area contributed by atoms with Gasteiger partial charge in [0.15, 0.2) is 5.78 Å². The van der Waals surface area contributed by atoms with Crippen LogP contribution in [0.2, 0.25) is 0 Å². The van der Waals surface area contributed by atoms with Crippen molar-refractivity contribution in [2.75, 3.05) is 13.2 Å². The van der Waals surface area contributed by atoms with Crippen LogP contribution < -0.4 is 0 Å². The maximum absolute atomic E-state index is 10.3. The van der Waals surface area contributed by atoms with Crippen LogP contribution in [0.4, 0.5) is 0 Å². The van der Waals surface area contributed by atoms with E-state index in [1.54, 1.807) is 12.4 Å². The summed E-state index contributed by atoms with van der Waals surface area (Å²) >= 11 is 0. The molecule has 0 aliphatic heterocycles. The number of ketones is 1. The number of nitrogens with zero attached hydrogens (tertiary/aromatic N) is 1. The fourth-order valence-corrected chi connectivity index (χ4v) is 0.721. The van der Waals surface area contributed by atoms with Gasteiger partial charge in [-0.2, -0.15) is 0 Å². The maximum atomic E-state index is 10.3. The van der Waals surface area contributed by atoms with Crippen LogP contribution in [0, 0.1) is 0 Å². The smallest absolute Gasteiger partial charge is 0.189 e. The Hall–Kier alpha value is -1.34. The minimum atomic E-state index is -1.69. The van der Waals surface area contributed by atoms with Crippen LogP contribution in [-0.2, 0) is 4.79 Å². The van der Waals surface area contributed by atoms with Crippen LogP contribution in [-0.4, -0.2) is 56.6 Å². The molecule has 1 rings (SSSR count). The number of pyridine rings is 1. The molecule has 0 spiro atoms. The Morgan fingerprint density at radius 1 is 1.12 bits per heavy atom. The molecule has 6 nitrogen and oxygen atoms in total. The third-order valence-electron chi connectivity index (χ3n) is 1.60. The summed E-state index contributed by atoms with van der Waals surface area (Å²) in [5, 5.41) is 33.6. The lowest BCUT2D eigenvalue weighted by Crippen LogP contribution is -2.37. The Kier molecular flexibility index (Phi) is 8.18. The molecule has 0 aliphatic rings. The van der Waals surface area contributed by atoms with Gasteiger partial charge in [0.1, 0.15) is 18.8 Å². The van der Waals surface area contributed by atoms with E-state index in [9.17, 15) is 4.79 Å². The van der Waals surface area contributed by atoms with Gasteiger partial charge in [-0.15, -0.1) is 0 Å². The van der Waals surface area contributed by atoms with Crippen LogP contribution in [0.25, 0.3) is 0 Å². The lowest BCUT2D eigenvalue weighted by atomic mass is 10.1. The number of aliphatic hydroxyl groups excluding tert-OH is 4. The topological polar surface area (TPSA) is 111 Å². The number of carbonyl (C=O) groups is 1. The molecule has 0 bridgehead atoms. The average molecular weight is 229 g/mol. The number of aliphatic hydroxyl groups is 4. The first-order valence-electron chi connectivity index (χ1n) is 4.59. The van der Waals surface area contributed by atoms with Crippen LogP contribution in [0.1, 0.15) is 0 Å². The number of rotatable bonds is 4. The molecule has 6 heteroatoms. The minimum Gasteiger partial charge on any atom is -0.394 e. The minimum absolute atomic E-state index is 0.701. The van der Waals surface area contributed by atoms with E-state index in [0.717, 1.165) is 0 Å². The summed E-state index contributed by atoms with van der Waals surface area (Å²) in [6.07, 6.45) is 0.314. The fourth-order valence-electron chi connectivity index (χ4n) is 0.721. The van der Waals surface area contributed by atoms with Crippen LogP contribution >= 0.6 is 0 Å². The first-order chi connectivity index (χ1) is 7.63. The van der Waals surface area contributed by atoms with E-state index in [-0.39, 0.29) is 0 Å². The molecule has 16 heavy (non-hydrogen) atoms. The zero-order chi connectivity index (χ0) is 12.4. The third-order valence-corrected chi connectivity index (χ3v) is 1.60. The van der Waals surface area contributed by atoms with E-state index in [2.05, 4.69) is 4.98 Å². The van der Waals surface area contributed by atoms with Crippen LogP contribution in [0.5, 0.6) is 0 Å². The quantitative estimate of drug-likeness (QED) is 0.492. The SMILES string of the molecule is O=C(CO)C(O)C(O)CO.c1ccncc1. The predicted octanol–water partition coefficient (Wildman–Crippen LogP) is -1.66. The van der Waals surface area contributed by atoms with Gasteiger partial charge in [-0.05, 0) is 12.1 Å². The van der Waals surface area contributed by atoms with Crippen molar-refractivity contribution in [1.29, 1.82) is 0 Å². The van der Waals surface area contributed by atoms with E-state index in [4.69, 9.17) is 20.4 Å². The molecular weight excluding hydrogens is 214 g/mol. The molecule has 0 saturated heterocycles. The molecule has 4 N–H and O–H groups in total. The van der Waals surface area contributed by atoms with Gasteiger partial charge in [0.25, 0.3) is 0 Å². The van der Waals surface area contributed by atoms with E-state index >= 15 is 0 Å². The lowest BCUT2D eigenvalue weighted by molar-refractivity contribution is -0.137. The van der Waals surface area contributed by atoms with Gasteiger partial charge >= 0.3 is 0 Å². The van der Waals surface area contributed by atoms with Gasteiger partial charge < -0.3 is 20.4 Å². The Morgan fingerprint density at radius 3 is 1.94 bits per heavy atom. The van der Waals surface area contributed by atoms with Crippen molar-refractivity contribution in [3.05, 3.63) is 30.6 Å². The zero-order valence-corrected chi connectivity index (χ0v) is 8.60. The van der Waals surface area contributed by atoms with Gasteiger partial charge in [-0.1, -0.05) is 6.07 Å². The third kappa shape index (κ3) is 6.20. The van der Waals surface area contributed by atoms with Gasteiger partial charge in [0.05, 0.1) is 6.61 Å². The highest BCUT2D eigenvalue weighted by atomic mass is 16.4. The van der Waals surface area contributed by atoms with Gasteiger partial charge in [-0.25, -0.2) is 0 Å². The second-order valence-electron chi connectivity index (χ2n) is 2.84. The number of carbonyl (C=O) groups excluding carboxylic acids is 1. The highest BCUT2D eigenvalue weighted by molar-refractivity contribution is 5.84. The molecule has 1 aromatic heterocycles. The molecule has 0 aliphatic carbocycles. The van der Waals surface area contributed by atoms with Gasteiger partial charge in [0, 0.05) is 12.4 Å². The first-order valence-corrected chi connectivity index (χ1v) is 4.59. The van der Waals surface area contributed by atoms with E-state index in [1.165, 1.54) is 0 Å². The lowest BCUT2D eigenvalue weighted by Gasteiger charge is -2.11. The largest absolute Gasteiger partial charge is 0.394 e. The van der Waals surface area contributed by atoms with Crippen LogP contribution in [0.3, 0.4) is 0 Å². The molecule has 2 atom stereocenters. The standard InChI is InChI=1S/C5H5N.C5H10O5/c1-2-4-6-5-3-1;6-1-3(8)5(10)4(9)2-7/h1-5H;3,5-8,10H,1-2H2. The summed E-state index contributed by atoms with van der Waals surface area (Å²) in [5.41, 5.74) is 0. The van der Waals surface area contributed by atoms with E-state index < -0.39 is 31.2 Å². The van der Waals surface area contributed by atoms with Crippen molar-refractivity contribution < 1.29 is 25.2 Å². The van der Waals surface area contributed by atoms with Crippen LogP contribution in [0.15, 0.2) is 30.6 Å². The molecule has 2 unspecified atom stereocenters. The Labute approximate surface area is 92.8 Å². The van der Waals surface area contributed by atoms with Gasteiger partial charge in [-0.3, -0.25) is 9.78 Å². The summed E-state index contributed by atoms with van der Waals surface area (Å²) in [6.45, 7) is -1.54. The Morgan fingerprint density at radius 2 is 1.69 bits per heavy atom. The molecule has 1 heterocycles. The summed E-state index contributed by atoms with van der Waals surface area (Å²) < 4.78 is 0. The highest BCUT2D eigenvalue weighted by Crippen LogP contribution is 1.92. The second-order valence-corrected chi connectivity index (χ2v) is 2.84. The molecule has 1 aromatic rings. The predicted molar refractivity (Wildman–Crippen MR) is 55.4 cm³/mol. The summed E-state index contributed by atoms with van der Waals surface area (Å²) in [6, 6.07) is 5.72. The van der Waals surface area contributed by atoms with Crippen molar-refractivity contribution in [1.82, 2.24) is 4.98 Å². The summed E-state index contributed by atoms with van der Waals surface area (Å²) in [5.74, 6) is -0.901. The second kappa shape index (κ2) is 8.93. The molecule has 0 fully saturated rings. The Bertz CT molecular complexity index is 253. The van der Waals surface area contributed by atoms with Crippen molar-refractivity contribution in [3.63, 3.8) is 0 Å². The van der Waals surface area contributed by atoms with E-state index in [0.29, 0.717) is 0 Å². The summed E-state index contributed by atoms with van der Waals surface area (Å²) in [4.78, 5) is 14.1. The maximum Gasteiger partial charge on any atom is 0.189 e. The highest BCUT2D eigenvalue weighted by Gasteiger charge is 2.21. The number of hydrogen-bond acceptors (Lipinski definition) is 6. The van der Waals surface area contributed by atoms with Crippen molar-refractivity contribution in [2.45, 2.75) is 12.2 Å².